The molecule has 1 rings (SSSR count). The van der Waals surface area contributed by atoms with Gasteiger partial charge in [0.2, 0.25) is 17.8 Å². The molecule has 6 nitrogen and oxygen atoms in total. The number of nitrogens with zero attached hydrogens (tertiary/aromatic N) is 5. The van der Waals surface area contributed by atoms with Crippen LogP contribution in [0.1, 0.15) is 41.0 Å². The van der Waals surface area contributed by atoms with E-state index in [9.17, 15) is 0 Å². The van der Waals surface area contributed by atoms with Gasteiger partial charge in [-0.05, 0) is 34.1 Å². The van der Waals surface area contributed by atoms with Gasteiger partial charge in [-0.25, -0.2) is 0 Å². The third kappa shape index (κ3) is 3.68. The maximum Gasteiger partial charge on any atom is 0.232 e. The topological polar surface area (TPSA) is 71.2 Å². The first kappa shape index (κ1) is 15.5. The molecule has 0 radical (unpaired) electrons. The van der Waals surface area contributed by atoms with Crippen molar-refractivity contribution in [2.75, 3.05) is 35.2 Å². The van der Waals surface area contributed by atoms with Crippen LogP contribution in [0.4, 0.5) is 17.8 Å². The monoisotopic (exact) mass is 266 g/mol. The van der Waals surface area contributed by atoms with E-state index in [4.69, 9.17) is 5.73 Å². The van der Waals surface area contributed by atoms with E-state index in [-0.39, 0.29) is 5.95 Å². The minimum atomic E-state index is 0.286. The Labute approximate surface area is 116 Å². The number of nitrogens with two attached hydrogens (primary N) is 1. The van der Waals surface area contributed by atoms with Crippen molar-refractivity contribution in [2.24, 2.45) is 0 Å². The number of hydrogen-bond donors (Lipinski definition) is 1. The average Bonchev–Trinajstić information content (AvgIpc) is 2.40. The molecule has 1 aromatic heterocycles. The van der Waals surface area contributed by atoms with E-state index in [1.807, 2.05) is 0 Å². The summed E-state index contributed by atoms with van der Waals surface area (Å²) >= 11 is 0. The highest BCUT2D eigenvalue weighted by molar-refractivity contribution is 5.43. The predicted molar refractivity (Wildman–Crippen MR) is 80.6 cm³/mol. The second-order valence-electron chi connectivity index (χ2n) is 4.51. The van der Waals surface area contributed by atoms with E-state index in [2.05, 4.69) is 59.4 Å². The largest absolute Gasteiger partial charge is 0.368 e. The first-order chi connectivity index (χ1) is 9.07. The third-order valence-corrected chi connectivity index (χ3v) is 3.40. The smallest absolute Gasteiger partial charge is 0.232 e. The summed E-state index contributed by atoms with van der Waals surface area (Å²) in [5, 5.41) is 0. The van der Waals surface area contributed by atoms with Crippen LogP contribution in [0.5, 0.6) is 0 Å². The molecule has 0 aliphatic rings. The van der Waals surface area contributed by atoms with Crippen molar-refractivity contribution in [1.82, 2.24) is 15.0 Å². The van der Waals surface area contributed by atoms with Crippen LogP contribution < -0.4 is 15.5 Å². The van der Waals surface area contributed by atoms with Gasteiger partial charge >= 0.3 is 0 Å². The van der Waals surface area contributed by atoms with Crippen LogP contribution in [0.15, 0.2) is 0 Å². The molecule has 0 amide bonds. The molecular weight excluding hydrogens is 240 g/mol. The summed E-state index contributed by atoms with van der Waals surface area (Å²) in [5.74, 6) is 1.62. The standard InChI is InChI=1S/C13H26N6/c1-6-10(5)19(9-4)13-16-11(14)15-12(17-13)18(7-2)8-3/h10H,6-9H2,1-5H3,(H2,14,15,16,17). The fourth-order valence-corrected chi connectivity index (χ4v) is 2.02. The second-order valence-corrected chi connectivity index (χ2v) is 4.51. The van der Waals surface area contributed by atoms with E-state index in [0.717, 1.165) is 26.1 Å². The molecule has 19 heavy (non-hydrogen) atoms. The minimum Gasteiger partial charge on any atom is -0.368 e. The van der Waals surface area contributed by atoms with Crippen LogP contribution in [0.25, 0.3) is 0 Å². The van der Waals surface area contributed by atoms with Gasteiger partial charge in [-0.3, -0.25) is 0 Å². The Kier molecular flexibility index (Phi) is 5.79. The van der Waals surface area contributed by atoms with E-state index >= 15 is 0 Å². The molecule has 6 heteroatoms. The molecule has 0 saturated carbocycles. The summed E-state index contributed by atoms with van der Waals surface area (Å²) in [6.45, 7) is 13.2. The molecule has 0 saturated heterocycles. The van der Waals surface area contributed by atoms with Crippen LogP contribution in [-0.2, 0) is 0 Å². The number of aromatic nitrogens is 3. The van der Waals surface area contributed by atoms with Crippen LogP contribution in [0.3, 0.4) is 0 Å². The first-order valence-electron chi connectivity index (χ1n) is 7.10. The summed E-state index contributed by atoms with van der Waals surface area (Å²) in [6.07, 6.45) is 1.04. The Morgan fingerprint density at radius 1 is 0.947 bits per heavy atom. The van der Waals surface area contributed by atoms with Gasteiger partial charge in [0, 0.05) is 25.7 Å². The SMILES string of the molecule is CCC(C)N(CC)c1nc(N)nc(N(CC)CC)n1. The molecule has 0 aromatic carbocycles. The Hall–Kier alpha value is -1.59. The molecule has 1 heterocycles. The zero-order chi connectivity index (χ0) is 14.4. The quantitative estimate of drug-likeness (QED) is 0.813. The lowest BCUT2D eigenvalue weighted by molar-refractivity contribution is 0.612. The summed E-state index contributed by atoms with van der Waals surface area (Å²) in [5.41, 5.74) is 5.83. The van der Waals surface area contributed by atoms with Crippen molar-refractivity contribution in [2.45, 2.75) is 47.1 Å². The normalized spacial score (nSPS) is 12.3. The highest BCUT2D eigenvalue weighted by Gasteiger charge is 2.17. The highest BCUT2D eigenvalue weighted by Crippen LogP contribution is 2.18. The van der Waals surface area contributed by atoms with Crippen LogP contribution in [-0.4, -0.2) is 40.6 Å². The number of rotatable bonds is 7. The van der Waals surface area contributed by atoms with E-state index < -0.39 is 0 Å². The molecule has 1 atom stereocenters. The van der Waals surface area contributed by atoms with E-state index in [1.165, 1.54) is 0 Å². The summed E-state index contributed by atoms with van der Waals surface area (Å²) < 4.78 is 0. The molecular formula is C13H26N6. The maximum absolute atomic E-state index is 5.83. The fourth-order valence-electron chi connectivity index (χ4n) is 2.02. The predicted octanol–water partition coefficient (Wildman–Crippen LogP) is 1.92. The van der Waals surface area contributed by atoms with Gasteiger partial charge in [0.1, 0.15) is 0 Å². The first-order valence-corrected chi connectivity index (χ1v) is 7.10. The number of hydrogen-bond acceptors (Lipinski definition) is 6. The zero-order valence-corrected chi connectivity index (χ0v) is 12.7. The van der Waals surface area contributed by atoms with Crippen molar-refractivity contribution < 1.29 is 0 Å². The molecule has 0 bridgehead atoms. The van der Waals surface area contributed by atoms with Gasteiger partial charge in [-0.2, -0.15) is 15.0 Å². The van der Waals surface area contributed by atoms with Gasteiger partial charge in [-0.1, -0.05) is 6.92 Å². The second kappa shape index (κ2) is 7.11. The molecule has 0 aliphatic carbocycles. The van der Waals surface area contributed by atoms with Crippen LogP contribution >= 0.6 is 0 Å². The van der Waals surface area contributed by atoms with Crippen LogP contribution in [0, 0.1) is 0 Å². The Bertz CT molecular complexity index is 391. The molecule has 108 valence electrons. The van der Waals surface area contributed by atoms with Crippen molar-refractivity contribution in [3.05, 3.63) is 0 Å². The lowest BCUT2D eigenvalue weighted by Gasteiger charge is -2.28. The fraction of sp³-hybridized carbons (Fsp3) is 0.769. The Morgan fingerprint density at radius 2 is 1.53 bits per heavy atom. The number of anilines is 3. The molecule has 2 N–H and O–H groups in total. The number of nitrogen functional groups attached to an aromatic ring is 1. The Morgan fingerprint density at radius 3 is 2.00 bits per heavy atom. The zero-order valence-electron chi connectivity index (χ0n) is 12.7. The van der Waals surface area contributed by atoms with Gasteiger partial charge in [0.15, 0.2) is 0 Å². The van der Waals surface area contributed by atoms with Gasteiger partial charge in [-0.15, -0.1) is 0 Å². The lowest BCUT2D eigenvalue weighted by atomic mass is 10.2. The molecule has 0 fully saturated rings. The molecule has 0 aliphatic heterocycles. The van der Waals surface area contributed by atoms with Crippen molar-refractivity contribution in [3.8, 4) is 0 Å². The van der Waals surface area contributed by atoms with Gasteiger partial charge in [0.05, 0.1) is 0 Å². The minimum absolute atomic E-state index is 0.286. The summed E-state index contributed by atoms with van der Waals surface area (Å²) in [4.78, 5) is 17.3. The van der Waals surface area contributed by atoms with Gasteiger partial charge < -0.3 is 15.5 Å². The maximum atomic E-state index is 5.83. The van der Waals surface area contributed by atoms with Crippen molar-refractivity contribution in [3.63, 3.8) is 0 Å². The lowest BCUT2D eigenvalue weighted by Crippen LogP contribution is -2.35. The molecule has 0 spiro atoms. The summed E-state index contributed by atoms with van der Waals surface area (Å²) in [7, 11) is 0. The highest BCUT2D eigenvalue weighted by atomic mass is 15.4. The molecule has 1 aromatic rings. The van der Waals surface area contributed by atoms with Gasteiger partial charge in [0.25, 0.3) is 0 Å². The van der Waals surface area contributed by atoms with Crippen LogP contribution in [0.2, 0.25) is 0 Å². The molecule has 1 unspecified atom stereocenters. The third-order valence-electron chi connectivity index (χ3n) is 3.40. The van der Waals surface area contributed by atoms with Crippen molar-refractivity contribution in [1.29, 1.82) is 0 Å². The summed E-state index contributed by atoms with van der Waals surface area (Å²) in [6, 6.07) is 0.386. The van der Waals surface area contributed by atoms with Crippen molar-refractivity contribution >= 4 is 17.8 Å². The van der Waals surface area contributed by atoms with E-state index in [1.54, 1.807) is 0 Å². The Balaban J connectivity index is 3.13. The average molecular weight is 266 g/mol. The van der Waals surface area contributed by atoms with E-state index in [0.29, 0.717) is 17.9 Å².